The lowest BCUT2D eigenvalue weighted by Gasteiger charge is -2.22. The number of carbonyl (C=O) groups excluding carboxylic acids is 2. The lowest BCUT2D eigenvalue weighted by molar-refractivity contribution is -0.139. The van der Waals surface area contributed by atoms with Crippen LogP contribution >= 0.6 is 0 Å². The van der Waals surface area contributed by atoms with Crippen molar-refractivity contribution >= 4 is 28.7 Å². The smallest absolute Gasteiger partial charge is 0.355 e. The number of ether oxygens (including phenoxy) is 2. The predicted octanol–water partition coefficient (Wildman–Crippen LogP) is 1.45. The first-order valence-electron chi connectivity index (χ1n) is 7.01. The number of nitrogens with one attached hydrogen (secondary N) is 1. The number of aromatic nitrogens is 3. The van der Waals surface area contributed by atoms with Gasteiger partial charge in [0.2, 0.25) is 0 Å². The van der Waals surface area contributed by atoms with Crippen LogP contribution in [-0.2, 0) is 19.1 Å². The standard InChI is InChI=1S/C16H14N4O4/c1-23-15(21)11-5-3-4-8-20(14(11)16(22)24-2)10-6-7-12-13(9-10)18-19-17-12/h3-9H,1-2H3,(H,17,18,19). The number of H-pyrrole nitrogens is 1. The molecule has 1 aromatic carbocycles. The van der Waals surface area contributed by atoms with Gasteiger partial charge in [-0.1, -0.05) is 6.08 Å². The molecule has 0 aliphatic carbocycles. The van der Waals surface area contributed by atoms with Crippen molar-refractivity contribution < 1.29 is 19.1 Å². The van der Waals surface area contributed by atoms with E-state index in [0.717, 1.165) is 0 Å². The Morgan fingerprint density at radius 2 is 1.79 bits per heavy atom. The van der Waals surface area contributed by atoms with E-state index in [2.05, 4.69) is 15.4 Å². The Labute approximate surface area is 137 Å². The highest BCUT2D eigenvalue weighted by Gasteiger charge is 2.27. The Morgan fingerprint density at radius 1 is 1.04 bits per heavy atom. The third-order valence-electron chi connectivity index (χ3n) is 3.47. The second-order valence-electron chi connectivity index (χ2n) is 4.81. The van der Waals surface area contributed by atoms with Crippen LogP contribution in [0.4, 0.5) is 5.69 Å². The Bertz CT molecular complexity index is 894. The summed E-state index contributed by atoms with van der Waals surface area (Å²) in [5.74, 6) is -1.30. The normalized spacial score (nSPS) is 14.0. The number of hydrogen-bond acceptors (Lipinski definition) is 7. The number of aromatic amines is 1. The summed E-state index contributed by atoms with van der Waals surface area (Å²) in [7, 11) is 2.50. The molecule has 1 aliphatic rings. The van der Waals surface area contributed by atoms with Crippen LogP contribution in [-0.4, -0.2) is 41.6 Å². The molecule has 0 saturated heterocycles. The second kappa shape index (κ2) is 6.37. The fourth-order valence-electron chi connectivity index (χ4n) is 2.34. The highest BCUT2D eigenvalue weighted by molar-refractivity contribution is 6.05. The quantitative estimate of drug-likeness (QED) is 0.852. The van der Waals surface area contributed by atoms with Crippen molar-refractivity contribution in [1.82, 2.24) is 15.4 Å². The molecule has 8 heteroatoms. The molecule has 2 heterocycles. The topological polar surface area (TPSA) is 97.4 Å². The van der Waals surface area contributed by atoms with Crippen molar-refractivity contribution in [2.75, 3.05) is 19.1 Å². The number of benzene rings is 1. The van der Waals surface area contributed by atoms with E-state index in [1.165, 1.54) is 20.3 Å². The van der Waals surface area contributed by atoms with Crippen molar-refractivity contribution in [3.8, 4) is 0 Å². The number of hydrogen-bond donors (Lipinski definition) is 1. The molecule has 1 aromatic heterocycles. The molecule has 122 valence electrons. The first kappa shape index (κ1) is 15.5. The molecule has 0 unspecified atom stereocenters. The first-order chi connectivity index (χ1) is 11.7. The van der Waals surface area contributed by atoms with Gasteiger partial charge in [0.1, 0.15) is 16.7 Å². The summed E-state index contributed by atoms with van der Waals surface area (Å²) in [5.41, 5.74) is 2.08. The molecule has 0 amide bonds. The number of allylic oxidation sites excluding steroid dienone is 2. The van der Waals surface area contributed by atoms with Crippen molar-refractivity contribution in [3.63, 3.8) is 0 Å². The SMILES string of the molecule is COC(=O)C1=C(C(=O)OC)N(c2ccc3n[nH]nc3c2)C=CC=C1. The first-order valence-corrected chi connectivity index (χ1v) is 7.01. The molecule has 0 spiro atoms. The maximum atomic E-state index is 12.3. The summed E-state index contributed by atoms with van der Waals surface area (Å²) in [4.78, 5) is 25.9. The zero-order valence-corrected chi connectivity index (χ0v) is 13.0. The summed E-state index contributed by atoms with van der Waals surface area (Å²) >= 11 is 0. The monoisotopic (exact) mass is 326 g/mol. The van der Waals surface area contributed by atoms with E-state index in [4.69, 9.17) is 9.47 Å². The lowest BCUT2D eigenvalue weighted by atomic mass is 10.1. The van der Waals surface area contributed by atoms with E-state index in [1.54, 1.807) is 41.5 Å². The van der Waals surface area contributed by atoms with Gasteiger partial charge in [0, 0.05) is 11.9 Å². The largest absolute Gasteiger partial charge is 0.465 e. The van der Waals surface area contributed by atoms with Crippen molar-refractivity contribution in [2.45, 2.75) is 0 Å². The average Bonchev–Trinajstić information content (AvgIpc) is 2.97. The van der Waals surface area contributed by atoms with Crippen molar-refractivity contribution in [2.24, 2.45) is 0 Å². The molecule has 0 saturated carbocycles. The van der Waals surface area contributed by atoms with Gasteiger partial charge in [-0.2, -0.15) is 15.4 Å². The van der Waals surface area contributed by atoms with Crippen LogP contribution in [0.1, 0.15) is 0 Å². The van der Waals surface area contributed by atoms with Gasteiger partial charge in [-0.25, -0.2) is 9.59 Å². The van der Waals surface area contributed by atoms with Gasteiger partial charge < -0.3 is 14.4 Å². The fourth-order valence-corrected chi connectivity index (χ4v) is 2.34. The third-order valence-corrected chi connectivity index (χ3v) is 3.47. The van der Waals surface area contributed by atoms with Gasteiger partial charge in [-0.15, -0.1) is 0 Å². The van der Waals surface area contributed by atoms with Crippen LogP contribution in [0, 0.1) is 0 Å². The molecule has 0 fully saturated rings. The maximum absolute atomic E-state index is 12.3. The van der Waals surface area contributed by atoms with E-state index >= 15 is 0 Å². The number of carbonyl (C=O) groups is 2. The molecule has 0 bridgehead atoms. The summed E-state index contributed by atoms with van der Waals surface area (Å²) in [6, 6.07) is 5.26. The van der Waals surface area contributed by atoms with Crippen LogP contribution in [0.2, 0.25) is 0 Å². The molecular weight excluding hydrogens is 312 g/mol. The lowest BCUT2D eigenvalue weighted by Crippen LogP contribution is -2.26. The summed E-state index contributed by atoms with van der Waals surface area (Å²) in [5, 5.41) is 10.6. The van der Waals surface area contributed by atoms with Crippen LogP contribution in [0.5, 0.6) is 0 Å². The molecule has 2 aromatic rings. The molecule has 3 rings (SSSR count). The Hall–Kier alpha value is -3.42. The average molecular weight is 326 g/mol. The minimum atomic E-state index is -0.660. The van der Waals surface area contributed by atoms with E-state index < -0.39 is 11.9 Å². The van der Waals surface area contributed by atoms with Crippen molar-refractivity contribution in [3.05, 3.63) is 53.9 Å². The fraction of sp³-hybridized carbons (Fsp3) is 0.125. The van der Waals surface area contributed by atoms with E-state index in [-0.39, 0.29) is 11.3 Å². The van der Waals surface area contributed by atoms with Crippen LogP contribution in [0.15, 0.2) is 53.9 Å². The number of rotatable bonds is 3. The molecule has 0 radical (unpaired) electrons. The number of fused-ring (bicyclic) bond motifs is 1. The van der Waals surface area contributed by atoms with Gasteiger partial charge in [-0.3, -0.25) is 0 Å². The number of methoxy groups -OCH3 is 2. The Kier molecular flexibility index (Phi) is 4.11. The van der Waals surface area contributed by atoms with Gasteiger partial charge >= 0.3 is 11.9 Å². The van der Waals surface area contributed by atoms with Gasteiger partial charge in [0.25, 0.3) is 0 Å². The predicted molar refractivity (Wildman–Crippen MR) is 85.7 cm³/mol. The minimum Gasteiger partial charge on any atom is -0.465 e. The minimum absolute atomic E-state index is 0.0530. The summed E-state index contributed by atoms with van der Waals surface area (Å²) in [6.07, 6.45) is 6.50. The van der Waals surface area contributed by atoms with Gasteiger partial charge in [0.15, 0.2) is 0 Å². The summed E-state index contributed by atoms with van der Waals surface area (Å²) < 4.78 is 9.62. The van der Waals surface area contributed by atoms with Crippen LogP contribution in [0.3, 0.4) is 0 Å². The third kappa shape index (κ3) is 2.65. The van der Waals surface area contributed by atoms with Crippen molar-refractivity contribution in [1.29, 1.82) is 0 Å². The van der Waals surface area contributed by atoms with E-state index in [9.17, 15) is 9.59 Å². The highest BCUT2D eigenvalue weighted by Crippen LogP contribution is 2.27. The molecule has 24 heavy (non-hydrogen) atoms. The zero-order chi connectivity index (χ0) is 17.1. The molecule has 0 atom stereocenters. The number of anilines is 1. The van der Waals surface area contributed by atoms with E-state index in [1.807, 2.05) is 0 Å². The summed E-state index contributed by atoms with van der Waals surface area (Å²) in [6.45, 7) is 0. The van der Waals surface area contributed by atoms with Gasteiger partial charge in [0.05, 0.1) is 19.8 Å². The highest BCUT2D eigenvalue weighted by atomic mass is 16.5. The Morgan fingerprint density at radius 3 is 2.54 bits per heavy atom. The maximum Gasteiger partial charge on any atom is 0.355 e. The van der Waals surface area contributed by atoms with Gasteiger partial charge in [-0.05, 0) is 30.4 Å². The molecule has 8 nitrogen and oxygen atoms in total. The van der Waals surface area contributed by atoms with Crippen LogP contribution < -0.4 is 4.90 Å². The molecular formula is C16H14N4O4. The molecule has 1 aliphatic heterocycles. The Balaban J connectivity index is 2.18. The van der Waals surface area contributed by atoms with Crippen LogP contribution in [0.25, 0.3) is 11.0 Å². The second-order valence-corrected chi connectivity index (χ2v) is 4.81. The number of nitrogens with zero attached hydrogens (tertiary/aromatic N) is 3. The zero-order valence-electron chi connectivity index (χ0n) is 13.0. The molecule has 1 N–H and O–H groups in total. The van der Waals surface area contributed by atoms with E-state index in [0.29, 0.717) is 16.7 Å². The number of esters is 2.